The Morgan fingerprint density at radius 3 is 2.76 bits per heavy atom. The molecule has 0 fully saturated rings. The Labute approximate surface area is 212 Å². The molecule has 0 radical (unpaired) electrons. The van der Waals surface area contributed by atoms with E-state index in [4.69, 9.17) is 14.2 Å². The minimum Gasteiger partial charge on any atom is -0.494 e. The summed E-state index contributed by atoms with van der Waals surface area (Å²) in [5.41, 5.74) is 3.43. The van der Waals surface area contributed by atoms with Crippen LogP contribution in [0.3, 0.4) is 0 Å². The average molecular weight is 502 g/mol. The predicted octanol–water partition coefficient (Wildman–Crippen LogP) is 4.58. The largest absolute Gasteiger partial charge is 0.494 e. The molecule has 0 spiro atoms. The third-order valence-electron chi connectivity index (χ3n) is 5.77. The number of benzene rings is 2. The lowest BCUT2D eigenvalue weighted by molar-refractivity contribution is 0.194. The van der Waals surface area contributed by atoms with Gasteiger partial charge < -0.3 is 24.4 Å². The van der Waals surface area contributed by atoms with E-state index in [1.165, 1.54) is 31.0 Å². The molecule has 0 saturated carbocycles. The van der Waals surface area contributed by atoms with E-state index in [-0.39, 0.29) is 30.5 Å². The van der Waals surface area contributed by atoms with Gasteiger partial charge in [0.1, 0.15) is 6.61 Å². The van der Waals surface area contributed by atoms with Crippen LogP contribution in [-0.4, -0.2) is 34.7 Å². The molecule has 188 valence electrons. The highest BCUT2D eigenvalue weighted by molar-refractivity contribution is 5.71. The maximum atomic E-state index is 14.2. The summed E-state index contributed by atoms with van der Waals surface area (Å²) >= 11 is 0. The number of carbonyl (C=O) groups is 1. The summed E-state index contributed by atoms with van der Waals surface area (Å²) in [4.78, 5) is 27.6. The molecule has 1 N–H and O–H groups in total. The Balaban J connectivity index is 1.36. The highest BCUT2D eigenvalue weighted by Gasteiger charge is 2.24. The second-order valence-corrected chi connectivity index (χ2v) is 8.19. The first-order valence-electron chi connectivity index (χ1n) is 11.6. The van der Waals surface area contributed by atoms with Crippen LogP contribution in [0.5, 0.6) is 17.4 Å². The summed E-state index contributed by atoms with van der Waals surface area (Å²) in [6.45, 7) is 0.873. The number of pyridine rings is 1. The normalized spacial score (nSPS) is 12.1. The summed E-state index contributed by atoms with van der Waals surface area (Å²) < 4.78 is 30.5. The van der Waals surface area contributed by atoms with Crippen LogP contribution in [0.15, 0.2) is 73.1 Å². The van der Waals surface area contributed by atoms with E-state index in [2.05, 4.69) is 26.3 Å². The fourth-order valence-electron chi connectivity index (χ4n) is 3.95. The number of nitrogens with one attached hydrogen (secondary N) is 1. The first kappa shape index (κ1) is 24.0. The fourth-order valence-corrected chi connectivity index (χ4v) is 3.95. The SMILES string of the molecule is COc1ccc(COc2nc(N3CCc4ccccc43)ncc2OC(=O)NCc2ccccn2)cc1F. The van der Waals surface area contributed by atoms with Crippen molar-refractivity contribution in [1.29, 1.82) is 0 Å². The number of halogens is 1. The summed E-state index contributed by atoms with van der Waals surface area (Å²) in [5.74, 6) is 0.116. The third-order valence-corrected chi connectivity index (χ3v) is 5.77. The molecule has 10 heteroatoms. The molecule has 0 saturated heterocycles. The van der Waals surface area contributed by atoms with Crippen molar-refractivity contribution in [3.05, 3.63) is 95.7 Å². The monoisotopic (exact) mass is 501 g/mol. The van der Waals surface area contributed by atoms with Crippen LogP contribution in [0.25, 0.3) is 0 Å². The fraction of sp³-hybridized carbons (Fsp3) is 0.185. The quantitative estimate of drug-likeness (QED) is 0.375. The van der Waals surface area contributed by atoms with Crippen LogP contribution in [0, 0.1) is 5.82 Å². The van der Waals surface area contributed by atoms with Gasteiger partial charge in [-0.15, -0.1) is 0 Å². The standard InChI is InChI=1S/C27H24FN5O4/c1-35-23-10-9-18(14-21(23)28)17-36-25-24(37-27(34)31-15-20-7-4-5-12-29-20)16-30-26(32-25)33-13-11-19-6-2-3-8-22(19)33/h2-10,12,14,16H,11,13,15,17H2,1H3,(H,31,34). The minimum atomic E-state index is -0.714. The van der Waals surface area contributed by atoms with Crippen LogP contribution in [0.4, 0.5) is 20.8 Å². The molecule has 0 atom stereocenters. The van der Waals surface area contributed by atoms with Crippen molar-refractivity contribution in [2.75, 3.05) is 18.6 Å². The molecule has 4 aromatic rings. The maximum absolute atomic E-state index is 14.2. The predicted molar refractivity (Wildman–Crippen MR) is 134 cm³/mol. The molecule has 0 bridgehead atoms. The zero-order chi connectivity index (χ0) is 25.6. The van der Waals surface area contributed by atoms with Gasteiger partial charge >= 0.3 is 6.09 Å². The second kappa shape index (κ2) is 10.9. The van der Waals surface area contributed by atoms with E-state index in [9.17, 15) is 9.18 Å². The molecule has 1 aliphatic rings. The van der Waals surface area contributed by atoms with Crippen LogP contribution >= 0.6 is 0 Å². The number of aromatic nitrogens is 3. The lowest BCUT2D eigenvalue weighted by atomic mass is 10.2. The van der Waals surface area contributed by atoms with Gasteiger partial charge in [-0.05, 0) is 47.9 Å². The number of hydrogen-bond acceptors (Lipinski definition) is 8. The van der Waals surface area contributed by atoms with Crippen molar-refractivity contribution in [2.24, 2.45) is 0 Å². The lowest BCUT2D eigenvalue weighted by Gasteiger charge is -2.19. The number of methoxy groups -OCH3 is 1. The topological polar surface area (TPSA) is 98.7 Å². The molecule has 1 aliphatic heterocycles. The Morgan fingerprint density at radius 1 is 1.08 bits per heavy atom. The van der Waals surface area contributed by atoms with E-state index < -0.39 is 11.9 Å². The third kappa shape index (κ3) is 5.58. The lowest BCUT2D eigenvalue weighted by Crippen LogP contribution is -2.27. The van der Waals surface area contributed by atoms with Crippen molar-refractivity contribution in [1.82, 2.24) is 20.3 Å². The molecule has 37 heavy (non-hydrogen) atoms. The zero-order valence-corrected chi connectivity index (χ0v) is 20.1. The van der Waals surface area contributed by atoms with Crippen molar-refractivity contribution < 1.29 is 23.4 Å². The first-order chi connectivity index (χ1) is 18.1. The number of amides is 1. The van der Waals surface area contributed by atoms with Crippen molar-refractivity contribution in [3.8, 4) is 17.4 Å². The molecule has 2 aromatic carbocycles. The van der Waals surface area contributed by atoms with E-state index >= 15 is 0 Å². The molecule has 2 aromatic heterocycles. The Hall–Kier alpha value is -4.73. The van der Waals surface area contributed by atoms with Crippen molar-refractivity contribution in [2.45, 2.75) is 19.6 Å². The van der Waals surface area contributed by atoms with Crippen LogP contribution in [0.2, 0.25) is 0 Å². The number of nitrogens with zero attached hydrogens (tertiary/aromatic N) is 4. The van der Waals surface area contributed by atoms with E-state index in [1.807, 2.05) is 29.2 Å². The van der Waals surface area contributed by atoms with E-state index in [1.54, 1.807) is 24.4 Å². The van der Waals surface area contributed by atoms with Gasteiger partial charge in [-0.25, -0.2) is 14.2 Å². The Bertz CT molecular complexity index is 1400. The van der Waals surface area contributed by atoms with Gasteiger partial charge in [0, 0.05) is 18.4 Å². The molecule has 1 amide bonds. The number of hydrogen-bond donors (Lipinski definition) is 1. The number of rotatable bonds is 8. The van der Waals surface area contributed by atoms with Gasteiger partial charge in [0.25, 0.3) is 5.88 Å². The number of ether oxygens (including phenoxy) is 3. The highest BCUT2D eigenvalue weighted by Crippen LogP contribution is 2.35. The zero-order valence-electron chi connectivity index (χ0n) is 20.1. The minimum absolute atomic E-state index is 0.0140. The second-order valence-electron chi connectivity index (χ2n) is 8.19. The van der Waals surface area contributed by atoms with Gasteiger partial charge in [0.05, 0.1) is 25.5 Å². The summed E-state index contributed by atoms with van der Waals surface area (Å²) in [6, 6.07) is 17.9. The van der Waals surface area contributed by atoms with Crippen LogP contribution in [0.1, 0.15) is 16.8 Å². The van der Waals surface area contributed by atoms with E-state index in [0.29, 0.717) is 23.8 Å². The van der Waals surface area contributed by atoms with Crippen molar-refractivity contribution in [3.63, 3.8) is 0 Å². The smallest absolute Gasteiger partial charge is 0.413 e. The van der Waals surface area contributed by atoms with Crippen LogP contribution < -0.4 is 24.4 Å². The number of carbonyl (C=O) groups excluding carboxylic acids is 1. The van der Waals surface area contributed by atoms with Gasteiger partial charge in [-0.1, -0.05) is 30.3 Å². The van der Waals surface area contributed by atoms with Gasteiger partial charge in [0.15, 0.2) is 11.6 Å². The average Bonchev–Trinajstić information content (AvgIpc) is 3.36. The molecular formula is C27H24FN5O4. The van der Waals surface area contributed by atoms with Crippen LogP contribution in [-0.2, 0) is 19.6 Å². The molecule has 0 unspecified atom stereocenters. The van der Waals surface area contributed by atoms with Crippen molar-refractivity contribution >= 4 is 17.7 Å². The van der Waals surface area contributed by atoms with E-state index in [0.717, 1.165) is 12.1 Å². The summed E-state index contributed by atoms with van der Waals surface area (Å²) in [5, 5.41) is 2.64. The molecule has 9 nitrogen and oxygen atoms in total. The molecule has 3 heterocycles. The number of fused-ring (bicyclic) bond motifs is 1. The van der Waals surface area contributed by atoms with Gasteiger partial charge in [-0.2, -0.15) is 4.98 Å². The first-order valence-corrected chi connectivity index (χ1v) is 11.6. The summed E-state index contributed by atoms with van der Waals surface area (Å²) in [7, 11) is 1.40. The molecule has 0 aliphatic carbocycles. The number of para-hydroxylation sites is 1. The van der Waals surface area contributed by atoms with Gasteiger partial charge in [0.2, 0.25) is 11.7 Å². The Kier molecular flexibility index (Phi) is 7.07. The molecule has 5 rings (SSSR count). The number of anilines is 2. The summed E-state index contributed by atoms with van der Waals surface area (Å²) in [6.07, 6.45) is 3.18. The highest BCUT2D eigenvalue weighted by atomic mass is 19.1. The van der Waals surface area contributed by atoms with Gasteiger partial charge in [-0.3, -0.25) is 4.98 Å². The maximum Gasteiger partial charge on any atom is 0.413 e. The molecular weight excluding hydrogens is 477 g/mol. The Morgan fingerprint density at radius 2 is 1.95 bits per heavy atom.